The van der Waals surface area contributed by atoms with E-state index in [-0.39, 0.29) is 5.41 Å². The van der Waals surface area contributed by atoms with E-state index >= 15 is 0 Å². The van der Waals surface area contributed by atoms with Crippen molar-refractivity contribution in [1.29, 1.82) is 0 Å². The highest BCUT2D eigenvalue weighted by atomic mass is 16.1. The fourth-order valence-electron chi connectivity index (χ4n) is 5.00. The van der Waals surface area contributed by atoms with E-state index in [1.165, 1.54) is 22.1 Å². The fraction of sp³-hybridized carbons (Fsp3) is 0.350. The van der Waals surface area contributed by atoms with E-state index in [1.54, 1.807) is 0 Å². The Morgan fingerprint density at radius 3 is 2.82 bits per heavy atom. The number of carbonyl (C=O) groups is 1. The molecule has 110 valence electrons. The Morgan fingerprint density at radius 1 is 1.14 bits per heavy atom. The van der Waals surface area contributed by atoms with E-state index in [0.717, 1.165) is 36.8 Å². The number of hydrogen-bond acceptors (Lipinski definition) is 2. The number of allylic oxidation sites excluding steroid dienone is 2. The molecular weight excluding hydrogens is 270 g/mol. The number of hydrogen-bond donors (Lipinski definition) is 1. The summed E-state index contributed by atoms with van der Waals surface area (Å²) in [6.07, 6.45) is 7.14. The Hall–Kier alpha value is -2.09. The second-order valence-corrected chi connectivity index (χ2v) is 7.30. The third kappa shape index (κ3) is 1.48. The molecular formula is C20H19NO. The van der Waals surface area contributed by atoms with E-state index in [0.29, 0.717) is 18.1 Å². The van der Waals surface area contributed by atoms with Gasteiger partial charge in [-0.1, -0.05) is 29.8 Å². The van der Waals surface area contributed by atoms with Crippen molar-refractivity contribution in [2.75, 3.05) is 5.73 Å². The van der Waals surface area contributed by atoms with Crippen LogP contribution in [0.2, 0.25) is 0 Å². The van der Waals surface area contributed by atoms with Gasteiger partial charge in [-0.3, -0.25) is 4.79 Å². The Balaban J connectivity index is 1.67. The van der Waals surface area contributed by atoms with Gasteiger partial charge in [-0.25, -0.2) is 0 Å². The number of ketones is 1. The molecule has 2 aromatic rings. The summed E-state index contributed by atoms with van der Waals surface area (Å²) in [5.41, 5.74) is 10.9. The number of nitrogens with two attached hydrogens (primary N) is 1. The van der Waals surface area contributed by atoms with Crippen LogP contribution < -0.4 is 5.73 Å². The molecule has 2 unspecified atom stereocenters. The van der Waals surface area contributed by atoms with Crippen LogP contribution in [0.1, 0.15) is 30.4 Å². The van der Waals surface area contributed by atoms with Crippen LogP contribution in [0, 0.1) is 11.3 Å². The summed E-state index contributed by atoms with van der Waals surface area (Å²) in [5.74, 6) is 1.02. The first kappa shape index (κ1) is 12.5. The van der Waals surface area contributed by atoms with Gasteiger partial charge in [-0.15, -0.1) is 0 Å². The van der Waals surface area contributed by atoms with Gasteiger partial charge in [-0.2, -0.15) is 0 Å². The van der Waals surface area contributed by atoms with Crippen LogP contribution in [0.3, 0.4) is 0 Å². The lowest BCUT2D eigenvalue weighted by Crippen LogP contribution is -2.42. The quantitative estimate of drug-likeness (QED) is 0.592. The van der Waals surface area contributed by atoms with Gasteiger partial charge in [0.05, 0.1) is 0 Å². The number of carbonyl (C=O) groups excluding carboxylic acids is 1. The van der Waals surface area contributed by atoms with Crippen molar-refractivity contribution in [3.05, 3.63) is 53.1 Å². The van der Waals surface area contributed by atoms with Crippen molar-refractivity contribution in [2.45, 2.75) is 32.1 Å². The number of anilines is 1. The van der Waals surface area contributed by atoms with E-state index in [9.17, 15) is 4.79 Å². The largest absolute Gasteiger partial charge is 0.398 e. The molecule has 1 fully saturated rings. The van der Waals surface area contributed by atoms with Gasteiger partial charge in [0, 0.05) is 22.9 Å². The van der Waals surface area contributed by atoms with Gasteiger partial charge >= 0.3 is 0 Å². The molecule has 3 aliphatic carbocycles. The Morgan fingerprint density at radius 2 is 2.05 bits per heavy atom. The molecule has 0 aromatic heterocycles. The number of benzene rings is 2. The van der Waals surface area contributed by atoms with Crippen LogP contribution in [0.5, 0.6) is 0 Å². The molecule has 2 bridgehead atoms. The molecule has 2 aromatic carbocycles. The maximum atomic E-state index is 12.9. The minimum atomic E-state index is -0.0922. The average Bonchev–Trinajstić information content (AvgIpc) is 3.09. The zero-order valence-corrected chi connectivity index (χ0v) is 12.6. The molecule has 2 heteroatoms. The monoisotopic (exact) mass is 289 g/mol. The molecule has 2 nitrogen and oxygen atoms in total. The summed E-state index contributed by atoms with van der Waals surface area (Å²) in [6, 6.07) is 10.5. The van der Waals surface area contributed by atoms with Gasteiger partial charge in [0.25, 0.3) is 0 Å². The van der Waals surface area contributed by atoms with Gasteiger partial charge < -0.3 is 5.73 Å². The van der Waals surface area contributed by atoms with Gasteiger partial charge in [0.15, 0.2) is 0 Å². The van der Waals surface area contributed by atoms with E-state index < -0.39 is 0 Å². The van der Waals surface area contributed by atoms with Crippen molar-refractivity contribution in [1.82, 2.24) is 0 Å². The molecule has 2 atom stereocenters. The first-order valence-electron chi connectivity index (χ1n) is 8.17. The molecule has 0 aliphatic heterocycles. The topological polar surface area (TPSA) is 43.1 Å². The van der Waals surface area contributed by atoms with Crippen molar-refractivity contribution in [3.63, 3.8) is 0 Å². The molecule has 0 amide bonds. The summed E-state index contributed by atoms with van der Waals surface area (Å²) in [4.78, 5) is 12.9. The maximum Gasteiger partial charge on any atom is 0.144 e. The van der Waals surface area contributed by atoms with Crippen LogP contribution in [0.4, 0.5) is 5.69 Å². The number of nitrogen functional groups attached to an aromatic ring is 1. The predicted molar refractivity (Wildman–Crippen MR) is 88.6 cm³/mol. The third-order valence-corrected chi connectivity index (χ3v) is 6.17. The van der Waals surface area contributed by atoms with E-state index in [4.69, 9.17) is 5.73 Å². The molecule has 1 saturated carbocycles. The van der Waals surface area contributed by atoms with Gasteiger partial charge in [-0.05, 0) is 60.2 Å². The average molecular weight is 289 g/mol. The van der Waals surface area contributed by atoms with Crippen LogP contribution in [0.15, 0.2) is 42.0 Å². The molecule has 0 radical (unpaired) electrons. The van der Waals surface area contributed by atoms with Crippen molar-refractivity contribution in [3.8, 4) is 0 Å². The first-order chi connectivity index (χ1) is 10.7. The smallest absolute Gasteiger partial charge is 0.144 e. The molecule has 0 saturated heterocycles. The van der Waals surface area contributed by atoms with E-state index in [1.807, 2.05) is 12.1 Å². The summed E-state index contributed by atoms with van der Waals surface area (Å²) in [6.45, 7) is 0. The zero-order chi connectivity index (χ0) is 14.9. The van der Waals surface area contributed by atoms with Gasteiger partial charge in [0.1, 0.15) is 5.78 Å². The van der Waals surface area contributed by atoms with Crippen molar-refractivity contribution >= 4 is 22.2 Å². The zero-order valence-electron chi connectivity index (χ0n) is 12.6. The Labute approximate surface area is 130 Å². The van der Waals surface area contributed by atoms with Crippen LogP contribution in [-0.4, -0.2) is 5.78 Å². The minimum Gasteiger partial charge on any atom is -0.398 e. The summed E-state index contributed by atoms with van der Waals surface area (Å²) >= 11 is 0. The second kappa shape index (κ2) is 4.01. The number of fused-ring (bicyclic) bond motifs is 5. The van der Waals surface area contributed by atoms with E-state index in [2.05, 4.69) is 24.3 Å². The second-order valence-electron chi connectivity index (χ2n) is 7.30. The lowest BCUT2D eigenvalue weighted by atomic mass is 9.63. The Bertz CT molecular complexity index is 863. The SMILES string of the molecule is Nc1cccc2cc3c(cc12)CC(=O)C1(CC2=CCC1C2)C3. The highest BCUT2D eigenvalue weighted by Crippen LogP contribution is 2.57. The number of Topliss-reactive ketones (excluding diaryl/α,β-unsaturated/α-hetero) is 1. The molecule has 1 spiro atoms. The lowest BCUT2D eigenvalue weighted by molar-refractivity contribution is -0.131. The fourth-order valence-corrected chi connectivity index (χ4v) is 5.00. The Kier molecular flexibility index (Phi) is 2.27. The molecule has 3 aliphatic rings. The first-order valence-corrected chi connectivity index (χ1v) is 8.17. The van der Waals surface area contributed by atoms with Crippen molar-refractivity contribution in [2.24, 2.45) is 11.3 Å². The van der Waals surface area contributed by atoms with Crippen LogP contribution >= 0.6 is 0 Å². The third-order valence-electron chi connectivity index (χ3n) is 6.17. The summed E-state index contributed by atoms with van der Waals surface area (Å²) in [7, 11) is 0. The molecule has 2 N–H and O–H groups in total. The van der Waals surface area contributed by atoms with Crippen LogP contribution in [0.25, 0.3) is 10.8 Å². The predicted octanol–water partition coefficient (Wildman–Crippen LogP) is 3.82. The summed E-state index contributed by atoms with van der Waals surface area (Å²) < 4.78 is 0. The number of rotatable bonds is 0. The highest BCUT2D eigenvalue weighted by molar-refractivity contribution is 5.97. The van der Waals surface area contributed by atoms with Crippen molar-refractivity contribution < 1.29 is 4.79 Å². The molecule has 22 heavy (non-hydrogen) atoms. The molecule has 5 rings (SSSR count). The lowest BCUT2D eigenvalue weighted by Gasteiger charge is -2.39. The maximum absolute atomic E-state index is 12.9. The highest BCUT2D eigenvalue weighted by Gasteiger charge is 2.53. The molecule has 0 heterocycles. The summed E-state index contributed by atoms with van der Waals surface area (Å²) in [5, 5.41) is 2.28. The van der Waals surface area contributed by atoms with Gasteiger partial charge in [0.2, 0.25) is 0 Å². The minimum absolute atomic E-state index is 0.0922. The standard InChI is InChI=1S/C20H19NO/c21-18-3-1-2-13-7-15-11-20(10-12-4-5-16(20)6-12)19(22)9-14(15)8-17(13)18/h1-4,7-8,16H,5-6,9-11,21H2. The normalized spacial score (nSPS) is 29.2. The van der Waals surface area contributed by atoms with Crippen LogP contribution in [-0.2, 0) is 17.6 Å².